The lowest BCUT2D eigenvalue weighted by Crippen LogP contribution is -2.23. The molecule has 5 heterocycles. The molecule has 1 aromatic carbocycles. The zero-order valence-electron chi connectivity index (χ0n) is 21.0. The minimum atomic E-state index is -3.54. The largest absolute Gasteiger partial charge is 0.376 e. The SMILES string of the molecule is O=C(NCc1cc2nc(-c3ccc4ccn(CC(F)F)c4n3)ccc2cn1)c1ccc2c(c1)S(=O)(=O)CCOC2. The third-order valence-corrected chi connectivity index (χ3v) is 8.44. The third-order valence-electron chi connectivity index (χ3n) is 6.69. The molecular formula is C28H23F2N5O4S. The number of benzene rings is 1. The van der Waals surface area contributed by atoms with Crippen LogP contribution in [0.3, 0.4) is 0 Å². The van der Waals surface area contributed by atoms with E-state index in [1.54, 1.807) is 48.8 Å². The number of nitrogens with zero attached hydrogens (tertiary/aromatic N) is 4. The maximum absolute atomic E-state index is 13.0. The maximum Gasteiger partial charge on any atom is 0.256 e. The van der Waals surface area contributed by atoms with Gasteiger partial charge in [0.25, 0.3) is 12.3 Å². The first-order valence-electron chi connectivity index (χ1n) is 12.5. The van der Waals surface area contributed by atoms with Crippen molar-refractivity contribution in [2.24, 2.45) is 0 Å². The maximum atomic E-state index is 13.0. The first-order chi connectivity index (χ1) is 19.3. The molecule has 5 aromatic rings. The predicted molar refractivity (Wildman–Crippen MR) is 144 cm³/mol. The summed E-state index contributed by atoms with van der Waals surface area (Å²) in [6, 6.07) is 15.3. The zero-order chi connectivity index (χ0) is 27.9. The Hall–Kier alpha value is -4.29. The summed E-state index contributed by atoms with van der Waals surface area (Å²) >= 11 is 0. The van der Waals surface area contributed by atoms with Crippen molar-refractivity contribution in [3.8, 4) is 11.4 Å². The van der Waals surface area contributed by atoms with Crippen LogP contribution in [0.1, 0.15) is 21.6 Å². The van der Waals surface area contributed by atoms with Gasteiger partial charge in [-0.3, -0.25) is 9.78 Å². The Bertz CT molecular complexity index is 1870. The summed E-state index contributed by atoms with van der Waals surface area (Å²) < 4.78 is 57.8. The number of ether oxygens (including phenoxy) is 1. The van der Waals surface area contributed by atoms with Crippen molar-refractivity contribution in [3.63, 3.8) is 0 Å². The molecule has 1 amide bonds. The number of nitrogens with one attached hydrogen (secondary N) is 1. The lowest BCUT2D eigenvalue weighted by atomic mass is 10.1. The molecule has 1 aliphatic rings. The molecule has 12 heteroatoms. The molecule has 0 fully saturated rings. The van der Waals surface area contributed by atoms with Crippen molar-refractivity contribution in [3.05, 3.63) is 83.8 Å². The highest BCUT2D eigenvalue weighted by atomic mass is 32.2. The van der Waals surface area contributed by atoms with E-state index in [4.69, 9.17) is 9.72 Å². The minimum absolute atomic E-state index is 0.0962. The van der Waals surface area contributed by atoms with Gasteiger partial charge in [-0.1, -0.05) is 6.07 Å². The Morgan fingerprint density at radius 2 is 1.82 bits per heavy atom. The van der Waals surface area contributed by atoms with Gasteiger partial charge in [0.2, 0.25) is 0 Å². The van der Waals surface area contributed by atoms with Crippen LogP contribution in [0.15, 0.2) is 71.9 Å². The van der Waals surface area contributed by atoms with Crippen LogP contribution in [-0.4, -0.2) is 52.6 Å². The molecule has 204 valence electrons. The number of aromatic nitrogens is 4. The number of fused-ring (bicyclic) bond motifs is 3. The van der Waals surface area contributed by atoms with E-state index in [2.05, 4.69) is 15.3 Å². The van der Waals surface area contributed by atoms with E-state index in [0.29, 0.717) is 33.8 Å². The number of carbonyl (C=O) groups is 1. The fraction of sp³-hybridized carbons (Fsp3) is 0.214. The van der Waals surface area contributed by atoms with Crippen LogP contribution >= 0.6 is 0 Å². The van der Waals surface area contributed by atoms with Gasteiger partial charge in [-0.2, -0.15) is 0 Å². The van der Waals surface area contributed by atoms with E-state index < -0.39 is 28.7 Å². The zero-order valence-corrected chi connectivity index (χ0v) is 21.9. The van der Waals surface area contributed by atoms with Gasteiger partial charge in [0.15, 0.2) is 9.84 Å². The lowest BCUT2D eigenvalue weighted by Gasteiger charge is -2.10. The second-order valence-corrected chi connectivity index (χ2v) is 11.5. The highest BCUT2D eigenvalue weighted by molar-refractivity contribution is 7.91. The normalized spacial score (nSPS) is 14.8. The van der Waals surface area contributed by atoms with Gasteiger partial charge in [0, 0.05) is 28.7 Å². The molecule has 4 aromatic heterocycles. The first kappa shape index (κ1) is 26.0. The molecule has 0 unspecified atom stereocenters. The summed E-state index contributed by atoms with van der Waals surface area (Å²) in [7, 11) is -3.54. The van der Waals surface area contributed by atoms with Crippen molar-refractivity contribution in [1.82, 2.24) is 24.8 Å². The molecule has 0 saturated heterocycles. The Morgan fingerprint density at radius 1 is 1.02 bits per heavy atom. The van der Waals surface area contributed by atoms with E-state index in [9.17, 15) is 22.0 Å². The summed E-state index contributed by atoms with van der Waals surface area (Å²) in [6.45, 7) is -0.0579. The number of pyridine rings is 3. The molecule has 0 aliphatic carbocycles. The van der Waals surface area contributed by atoms with E-state index in [-0.39, 0.29) is 36.0 Å². The topological polar surface area (TPSA) is 116 Å². The number of sulfone groups is 1. The van der Waals surface area contributed by atoms with Crippen molar-refractivity contribution >= 4 is 37.7 Å². The Kier molecular flexibility index (Phi) is 6.72. The molecule has 0 spiro atoms. The lowest BCUT2D eigenvalue weighted by molar-refractivity contribution is 0.0949. The van der Waals surface area contributed by atoms with E-state index in [1.165, 1.54) is 10.6 Å². The molecule has 0 atom stereocenters. The second-order valence-electron chi connectivity index (χ2n) is 9.41. The van der Waals surface area contributed by atoms with E-state index >= 15 is 0 Å². The Morgan fingerprint density at radius 3 is 2.65 bits per heavy atom. The van der Waals surface area contributed by atoms with Gasteiger partial charge < -0.3 is 14.6 Å². The van der Waals surface area contributed by atoms with Crippen molar-refractivity contribution in [2.75, 3.05) is 12.4 Å². The van der Waals surface area contributed by atoms with Gasteiger partial charge in [0.1, 0.15) is 5.65 Å². The van der Waals surface area contributed by atoms with Crippen LogP contribution in [0, 0.1) is 0 Å². The standard InChI is InChI=1S/C28H23F2N5O4S/c29-26(30)15-35-8-7-17-3-5-23(34-27(17)35)22-6-4-19-13-31-21(12-24(19)33-22)14-32-28(36)18-1-2-20-16-39-9-10-40(37,38)25(20)11-18/h1-8,11-13,26H,9-10,14-16H2,(H,32,36). The van der Waals surface area contributed by atoms with Gasteiger partial charge >= 0.3 is 0 Å². The fourth-order valence-corrected chi connectivity index (χ4v) is 6.02. The molecule has 0 bridgehead atoms. The molecule has 9 nitrogen and oxygen atoms in total. The molecular weight excluding hydrogens is 540 g/mol. The quantitative estimate of drug-likeness (QED) is 0.330. The summed E-state index contributed by atoms with van der Waals surface area (Å²) in [5, 5.41) is 4.32. The van der Waals surface area contributed by atoms with E-state index in [1.807, 2.05) is 12.1 Å². The van der Waals surface area contributed by atoms with Crippen LogP contribution < -0.4 is 5.32 Å². The number of amides is 1. The third kappa shape index (κ3) is 5.15. The van der Waals surface area contributed by atoms with Crippen LogP contribution in [0.2, 0.25) is 0 Å². The molecule has 0 radical (unpaired) electrons. The van der Waals surface area contributed by atoms with Crippen LogP contribution in [0.5, 0.6) is 0 Å². The number of halogens is 2. The van der Waals surface area contributed by atoms with Gasteiger partial charge in [0.05, 0.1) is 59.6 Å². The molecule has 1 N–H and O–H groups in total. The van der Waals surface area contributed by atoms with Gasteiger partial charge in [-0.15, -0.1) is 0 Å². The van der Waals surface area contributed by atoms with E-state index in [0.717, 1.165) is 10.8 Å². The number of rotatable bonds is 6. The number of carbonyl (C=O) groups excluding carboxylic acids is 1. The highest BCUT2D eigenvalue weighted by Crippen LogP contribution is 2.25. The summed E-state index contributed by atoms with van der Waals surface area (Å²) in [5.74, 6) is -0.566. The predicted octanol–water partition coefficient (Wildman–Crippen LogP) is 4.15. The highest BCUT2D eigenvalue weighted by Gasteiger charge is 2.23. The Balaban J connectivity index is 1.22. The summed E-state index contributed by atoms with van der Waals surface area (Å²) in [6.07, 6.45) is 0.741. The minimum Gasteiger partial charge on any atom is -0.376 e. The van der Waals surface area contributed by atoms with Crippen molar-refractivity contribution in [1.29, 1.82) is 0 Å². The number of hydrogen-bond acceptors (Lipinski definition) is 7. The number of alkyl halides is 2. The average Bonchev–Trinajstić information content (AvgIpc) is 3.27. The Labute approximate surface area is 227 Å². The second kappa shape index (κ2) is 10.4. The van der Waals surface area contributed by atoms with Crippen LogP contribution in [-0.2, 0) is 34.3 Å². The first-order valence-corrected chi connectivity index (χ1v) is 14.1. The summed E-state index contributed by atoms with van der Waals surface area (Å²) in [5.41, 5.74) is 3.49. The molecule has 6 rings (SSSR count). The van der Waals surface area contributed by atoms with Gasteiger partial charge in [-0.05, 0) is 54.1 Å². The average molecular weight is 564 g/mol. The summed E-state index contributed by atoms with van der Waals surface area (Å²) in [4.78, 5) is 26.6. The molecule has 40 heavy (non-hydrogen) atoms. The smallest absolute Gasteiger partial charge is 0.256 e. The van der Waals surface area contributed by atoms with Crippen molar-refractivity contribution < 1.29 is 26.7 Å². The van der Waals surface area contributed by atoms with Gasteiger partial charge in [-0.25, -0.2) is 27.2 Å². The molecule has 1 aliphatic heterocycles. The number of hydrogen-bond donors (Lipinski definition) is 1. The van der Waals surface area contributed by atoms with Crippen molar-refractivity contribution in [2.45, 2.75) is 31.0 Å². The monoisotopic (exact) mass is 563 g/mol. The fourth-order valence-electron chi connectivity index (χ4n) is 4.63. The van der Waals surface area contributed by atoms with Crippen LogP contribution in [0.4, 0.5) is 8.78 Å². The molecule has 0 saturated carbocycles. The van der Waals surface area contributed by atoms with Crippen LogP contribution in [0.25, 0.3) is 33.3 Å².